The Balaban J connectivity index is 0.866. The number of benzene rings is 12. The molecule has 2 heterocycles. The number of hydrogen-bond acceptors (Lipinski definition) is 2. The number of nitrogens with zero attached hydrogens (tertiary/aromatic N) is 2. The summed E-state index contributed by atoms with van der Waals surface area (Å²) in [5, 5.41) is 12.3. The topological polar surface area (TPSA) is 21.3 Å². The first kappa shape index (κ1) is 39.0. The van der Waals surface area contributed by atoms with E-state index in [0.29, 0.717) is 0 Å². The van der Waals surface area contributed by atoms with E-state index in [1.54, 1.807) is 0 Å². The van der Waals surface area contributed by atoms with Crippen LogP contribution in [-0.2, 0) is 0 Å². The summed E-state index contributed by atoms with van der Waals surface area (Å²) in [6.45, 7) is 0. The van der Waals surface area contributed by atoms with Crippen LogP contribution in [0.1, 0.15) is 0 Å². The summed E-state index contributed by atoms with van der Waals surface area (Å²) in [5.41, 5.74) is 15.5. The summed E-state index contributed by atoms with van der Waals surface area (Å²) in [6, 6.07) is 92.5. The van der Waals surface area contributed by atoms with Crippen molar-refractivity contribution in [1.29, 1.82) is 0 Å². The molecule has 0 aliphatic rings. The van der Waals surface area contributed by atoms with Gasteiger partial charge in [0.15, 0.2) is 0 Å². The number of anilines is 3. The van der Waals surface area contributed by atoms with Gasteiger partial charge in [-0.15, -0.1) is 0 Å². The highest BCUT2D eigenvalue weighted by atomic mass is 16.3. The van der Waals surface area contributed by atoms with E-state index in [2.05, 4.69) is 252 Å². The average Bonchev–Trinajstić information content (AvgIpc) is 3.97. The molecular formula is C66H42N2O. The van der Waals surface area contributed by atoms with Crippen LogP contribution < -0.4 is 4.90 Å². The van der Waals surface area contributed by atoms with E-state index in [0.717, 1.165) is 61.4 Å². The first-order chi connectivity index (χ1) is 34.2. The van der Waals surface area contributed by atoms with Gasteiger partial charge < -0.3 is 13.9 Å². The van der Waals surface area contributed by atoms with Crippen molar-refractivity contribution in [2.45, 2.75) is 0 Å². The van der Waals surface area contributed by atoms with Gasteiger partial charge in [0.1, 0.15) is 11.2 Å². The summed E-state index contributed by atoms with van der Waals surface area (Å²) in [4.78, 5) is 2.42. The Morgan fingerprint density at radius 3 is 1.43 bits per heavy atom. The molecule has 0 aliphatic carbocycles. The van der Waals surface area contributed by atoms with Gasteiger partial charge in [0.05, 0.1) is 16.7 Å². The van der Waals surface area contributed by atoms with Crippen molar-refractivity contribution in [2.75, 3.05) is 4.90 Å². The van der Waals surface area contributed by atoms with Crippen LogP contribution in [0.5, 0.6) is 0 Å². The Kier molecular flexibility index (Phi) is 8.90. The Bertz CT molecular complexity index is 4220. The van der Waals surface area contributed by atoms with Gasteiger partial charge in [0, 0.05) is 44.2 Å². The van der Waals surface area contributed by atoms with Crippen molar-refractivity contribution in [3.63, 3.8) is 0 Å². The molecule has 0 amide bonds. The quantitative estimate of drug-likeness (QED) is 0.149. The molecule has 0 bridgehead atoms. The molecule has 0 fully saturated rings. The minimum atomic E-state index is 0.880. The molecule has 3 heteroatoms. The first-order valence-corrected chi connectivity index (χ1v) is 23.7. The average molecular weight is 879 g/mol. The highest BCUT2D eigenvalue weighted by Gasteiger charge is 2.20. The largest absolute Gasteiger partial charge is 0.456 e. The number of hydrogen-bond donors (Lipinski definition) is 0. The zero-order valence-electron chi connectivity index (χ0n) is 37.6. The lowest BCUT2D eigenvalue weighted by atomic mass is 9.93. The number of aromatic nitrogens is 1. The summed E-state index contributed by atoms with van der Waals surface area (Å²) >= 11 is 0. The molecule has 12 aromatic carbocycles. The first-order valence-electron chi connectivity index (χ1n) is 23.7. The van der Waals surface area contributed by atoms with Crippen LogP contribution in [0.3, 0.4) is 0 Å². The zero-order chi connectivity index (χ0) is 45.4. The number of para-hydroxylation sites is 4. The van der Waals surface area contributed by atoms with Crippen molar-refractivity contribution in [3.05, 3.63) is 255 Å². The third-order valence-corrected chi connectivity index (χ3v) is 14.2. The highest BCUT2D eigenvalue weighted by molar-refractivity contribution is 6.26. The minimum absolute atomic E-state index is 0.880. The Morgan fingerprint density at radius 2 is 0.754 bits per heavy atom. The van der Waals surface area contributed by atoms with Gasteiger partial charge in [-0.3, -0.25) is 0 Å². The molecule has 322 valence electrons. The van der Waals surface area contributed by atoms with Crippen molar-refractivity contribution in [2.24, 2.45) is 0 Å². The standard InChI is InChI=1S/C66H42N2O/c1-2-19-54-52(17-1)53-18-3-4-20-55(53)61-42-50(37-39-56(54)61)67(62-24-9-5-16-51(62)47-34-38-60-59-23-8-12-27-65(59)69-66(60)41-47)48-35-32-44(33-36-48)43-28-30-45(31-29-43)46-14-13-15-49(40-46)68-63-25-10-6-21-57(63)58-22-7-11-26-64(58)68/h1-42H. The summed E-state index contributed by atoms with van der Waals surface area (Å²) in [5.74, 6) is 0. The van der Waals surface area contributed by atoms with Crippen LogP contribution in [-0.4, -0.2) is 4.57 Å². The highest BCUT2D eigenvalue weighted by Crippen LogP contribution is 2.45. The zero-order valence-corrected chi connectivity index (χ0v) is 37.6. The van der Waals surface area contributed by atoms with Crippen molar-refractivity contribution >= 4 is 93.1 Å². The predicted molar refractivity (Wildman–Crippen MR) is 292 cm³/mol. The van der Waals surface area contributed by atoms with Crippen molar-refractivity contribution in [1.82, 2.24) is 4.57 Å². The fourth-order valence-electron chi connectivity index (χ4n) is 11.0. The molecule has 0 N–H and O–H groups in total. The normalized spacial score (nSPS) is 11.8. The smallest absolute Gasteiger partial charge is 0.136 e. The third kappa shape index (κ3) is 6.36. The number of rotatable bonds is 7. The van der Waals surface area contributed by atoms with Crippen LogP contribution >= 0.6 is 0 Å². The van der Waals surface area contributed by atoms with Crippen LogP contribution in [0.15, 0.2) is 259 Å². The SMILES string of the molecule is c1cc(-c2ccc(-c3ccc(N(c4ccc5c6ccccc6c6ccccc6c5c4)c4ccccc4-c4ccc5c(c4)oc4ccccc45)cc3)cc2)cc(-n2c3ccccc3c3ccccc32)c1. The molecule has 0 radical (unpaired) electrons. The second-order valence-electron chi connectivity index (χ2n) is 18.0. The van der Waals surface area contributed by atoms with Crippen LogP contribution in [0, 0.1) is 0 Å². The number of fused-ring (bicyclic) bond motifs is 12. The van der Waals surface area contributed by atoms with Gasteiger partial charge in [-0.25, -0.2) is 0 Å². The summed E-state index contributed by atoms with van der Waals surface area (Å²) in [7, 11) is 0. The van der Waals surface area contributed by atoms with Crippen LogP contribution in [0.2, 0.25) is 0 Å². The van der Waals surface area contributed by atoms with Gasteiger partial charge in [0.2, 0.25) is 0 Å². The molecule has 14 aromatic rings. The van der Waals surface area contributed by atoms with E-state index in [1.165, 1.54) is 70.8 Å². The van der Waals surface area contributed by atoms with Crippen LogP contribution in [0.4, 0.5) is 17.1 Å². The summed E-state index contributed by atoms with van der Waals surface area (Å²) in [6.07, 6.45) is 0. The van der Waals surface area contributed by atoms with E-state index in [1.807, 2.05) is 12.1 Å². The maximum Gasteiger partial charge on any atom is 0.136 e. The van der Waals surface area contributed by atoms with Crippen molar-refractivity contribution in [3.8, 4) is 39.1 Å². The fourth-order valence-corrected chi connectivity index (χ4v) is 11.0. The van der Waals surface area contributed by atoms with E-state index < -0.39 is 0 Å². The molecule has 14 rings (SSSR count). The summed E-state index contributed by atoms with van der Waals surface area (Å²) < 4.78 is 8.81. The molecule has 0 saturated carbocycles. The van der Waals surface area contributed by atoms with E-state index >= 15 is 0 Å². The molecule has 0 atom stereocenters. The Morgan fingerprint density at radius 1 is 0.275 bits per heavy atom. The molecular weight excluding hydrogens is 837 g/mol. The van der Waals surface area contributed by atoms with E-state index in [4.69, 9.17) is 4.42 Å². The Hall–Kier alpha value is -9.18. The maximum absolute atomic E-state index is 6.43. The van der Waals surface area contributed by atoms with Gasteiger partial charge in [-0.2, -0.15) is 0 Å². The van der Waals surface area contributed by atoms with Gasteiger partial charge in [-0.05, 0) is 133 Å². The fraction of sp³-hybridized carbons (Fsp3) is 0. The molecule has 0 unspecified atom stereocenters. The van der Waals surface area contributed by atoms with E-state index in [9.17, 15) is 0 Å². The monoisotopic (exact) mass is 878 g/mol. The molecule has 0 aliphatic heterocycles. The van der Waals surface area contributed by atoms with Gasteiger partial charge in [0.25, 0.3) is 0 Å². The van der Waals surface area contributed by atoms with Crippen LogP contribution in [0.25, 0.3) is 115 Å². The number of furan rings is 1. The van der Waals surface area contributed by atoms with Crippen molar-refractivity contribution < 1.29 is 4.42 Å². The second-order valence-corrected chi connectivity index (χ2v) is 18.0. The van der Waals surface area contributed by atoms with Gasteiger partial charge >= 0.3 is 0 Å². The maximum atomic E-state index is 6.43. The third-order valence-electron chi connectivity index (χ3n) is 14.2. The molecule has 2 aromatic heterocycles. The molecule has 69 heavy (non-hydrogen) atoms. The lowest BCUT2D eigenvalue weighted by Crippen LogP contribution is -2.11. The second kappa shape index (κ2) is 15.7. The lowest BCUT2D eigenvalue weighted by molar-refractivity contribution is 0.669. The molecule has 3 nitrogen and oxygen atoms in total. The molecule has 0 spiro atoms. The molecule has 0 saturated heterocycles. The van der Waals surface area contributed by atoms with Gasteiger partial charge in [-0.1, -0.05) is 182 Å². The predicted octanol–water partition coefficient (Wildman–Crippen LogP) is 18.6. The lowest BCUT2D eigenvalue weighted by Gasteiger charge is -2.28. The Labute approximate surface area is 399 Å². The van der Waals surface area contributed by atoms with E-state index in [-0.39, 0.29) is 0 Å². The minimum Gasteiger partial charge on any atom is -0.456 e.